The first-order valence-corrected chi connectivity index (χ1v) is 7.45. The van der Waals surface area contributed by atoms with Crippen molar-refractivity contribution in [2.75, 3.05) is 25.4 Å². The molecule has 0 radical (unpaired) electrons. The Balaban J connectivity index is 1.58. The van der Waals surface area contributed by atoms with Gasteiger partial charge in [-0.3, -0.25) is 4.79 Å². The first-order valence-electron chi connectivity index (χ1n) is 7.45. The molecule has 2 aromatic rings. The second kappa shape index (κ2) is 6.14. The van der Waals surface area contributed by atoms with Gasteiger partial charge in [0, 0.05) is 37.6 Å². The fourth-order valence-electron chi connectivity index (χ4n) is 3.01. The molecule has 0 bridgehead atoms. The van der Waals surface area contributed by atoms with Gasteiger partial charge in [-0.05, 0) is 30.5 Å². The molecule has 2 heterocycles. The highest BCUT2D eigenvalue weighted by Gasteiger charge is 2.23. The summed E-state index contributed by atoms with van der Waals surface area (Å²) in [6.07, 6.45) is 2.92. The molecule has 1 fully saturated rings. The summed E-state index contributed by atoms with van der Waals surface area (Å²) in [6, 6.07) is 13.9. The summed E-state index contributed by atoms with van der Waals surface area (Å²) in [5, 5.41) is 0. The number of nitrogens with two attached hydrogens (primary N) is 1. The van der Waals surface area contributed by atoms with E-state index in [0.717, 1.165) is 19.6 Å². The van der Waals surface area contributed by atoms with Gasteiger partial charge in [-0.1, -0.05) is 30.3 Å². The quantitative estimate of drug-likeness (QED) is 0.932. The molecule has 0 aliphatic carbocycles. The van der Waals surface area contributed by atoms with Crippen LogP contribution in [0.1, 0.15) is 17.9 Å². The Labute approximate surface area is 124 Å². The maximum absolute atomic E-state index is 11.8. The van der Waals surface area contributed by atoms with E-state index in [-0.39, 0.29) is 5.56 Å². The van der Waals surface area contributed by atoms with Crippen molar-refractivity contribution < 1.29 is 0 Å². The Hall–Kier alpha value is -2.07. The minimum atomic E-state index is 0.0167. The van der Waals surface area contributed by atoms with Crippen LogP contribution in [0.25, 0.3) is 0 Å². The van der Waals surface area contributed by atoms with Gasteiger partial charge in [-0.15, -0.1) is 0 Å². The van der Waals surface area contributed by atoms with Crippen molar-refractivity contribution in [3.63, 3.8) is 0 Å². The van der Waals surface area contributed by atoms with Crippen LogP contribution in [0.4, 0.5) is 5.69 Å². The van der Waals surface area contributed by atoms with Crippen LogP contribution < -0.4 is 11.3 Å². The van der Waals surface area contributed by atoms with Crippen LogP contribution in [0.15, 0.2) is 53.5 Å². The number of likely N-dealkylation sites (tertiary alicyclic amines) is 1. The van der Waals surface area contributed by atoms with Crippen molar-refractivity contribution >= 4 is 5.69 Å². The lowest BCUT2D eigenvalue weighted by Crippen LogP contribution is -2.29. The van der Waals surface area contributed by atoms with E-state index in [1.807, 2.05) is 0 Å². The summed E-state index contributed by atoms with van der Waals surface area (Å²) in [5.41, 5.74) is 7.81. The molecule has 1 unspecified atom stereocenters. The number of hydrogen-bond acceptors (Lipinski definition) is 3. The normalized spacial score (nSPS) is 19.0. The highest BCUT2D eigenvalue weighted by molar-refractivity contribution is 5.33. The van der Waals surface area contributed by atoms with Crippen molar-refractivity contribution in [2.45, 2.75) is 18.9 Å². The maximum Gasteiger partial charge on any atom is 0.250 e. The van der Waals surface area contributed by atoms with Crippen LogP contribution in [0, 0.1) is 0 Å². The fourth-order valence-corrected chi connectivity index (χ4v) is 3.01. The van der Waals surface area contributed by atoms with Gasteiger partial charge in [0.1, 0.15) is 0 Å². The molecule has 21 heavy (non-hydrogen) atoms. The van der Waals surface area contributed by atoms with Crippen molar-refractivity contribution in [1.29, 1.82) is 0 Å². The Morgan fingerprint density at radius 1 is 1.10 bits per heavy atom. The third-order valence-electron chi connectivity index (χ3n) is 4.21. The predicted octanol–water partition coefficient (Wildman–Crippen LogP) is 1.92. The maximum atomic E-state index is 11.8. The standard InChI is InChI=1S/C17H21N3O/c18-16-6-7-17(21)20(13-16)11-10-19-9-8-15(12-19)14-4-2-1-3-5-14/h1-7,13,15H,8-12,18H2. The summed E-state index contributed by atoms with van der Waals surface area (Å²) in [6.45, 7) is 3.76. The number of rotatable bonds is 4. The SMILES string of the molecule is Nc1ccc(=O)n(CCN2CCC(c3ccccc3)C2)c1. The van der Waals surface area contributed by atoms with E-state index in [4.69, 9.17) is 5.73 Å². The summed E-state index contributed by atoms with van der Waals surface area (Å²) >= 11 is 0. The molecular weight excluding hydrogens is 262 g/mol. The smallest absolute Gasteiger partial charge is 0.250 e. The number of pyridine rings is 1. The van der Waals surface area contributed by atoms with Gasteiger partial charge < -0.3 is 15.2 Å². The highest BCUT2D eigenvalue weighted by Crippen LogP contribution is 2.26. The van der Waals surface area contributed by atoms with Gasteiger partial charge in [-0.25, -0.2) is 0 Å². The molecule has 1 saturated heterocycles. The van der Waals surface area contributed by atoms with Gasteiger partial charge in [-0.2, -0.15) is 0 Å². The van der Waals surface area contributed by atoms with Crippen molar-refractivity contribution in [1.82, 2.24) is 9.47 Å². The largest absolute Gasteiger partial charge is 0.398 e. The van der Waals surface area contributed by atoms with E-state index in [1.54, 1.807) is 16.8 Å². The topological polar surface area (TPSA) is 51.3 Å². The van der Waals surface area contributed by atoms with E-state index < -0.39 is 0 Å². The summed E-state index contributed by atoms with van der Waals surface area (Å²) in [4.78, 5) is 14.2. The van der Waals surface area contributed by atoms with Crippen LogP contribution in [0.5, 0.6) is 0 Å². The summed E-state index contributed by atoms with van der Waals surface area (Å²) in [7, 11) is 0. The number of nitrogens with zero attached hydrogens (tertiary/aromatic N) is 2. The lowest BCUT2D eigenvalue weighted by molar-refractivity contribution is 0.317. The molecule has 4 heteroatoms. The number of anilines is 1. The Morgan fingerprint density at radius 2 is 1.90 bits per heavy atom. The number of aromatic nitrogens is 1. The van der Waals surface area contributed by atoms with Crippen LogP contribution in [-0.4, -0.2) is 29.1 Å². The molecular formula is C17H21N3O. The van der Waals surface area contributed by atoms with Crippen LogP contribution >= 0.6 is 0 Å². The molecule has 3 rings (SSSR count). The van der Waals surface area contributed by atoms with E-state index >= 15 is 0 Å². The molecule has 4 nitrogen and oxygen atoms in total. The molecule has 1 atom stereocenters. The van der Waals surface area contributed by atoms with E-state index in [9.17, 15) is 4.79 Å². The molecule has 1 aliphatic heterocycles. The average molecular weight is 283 g/mol. The molecule has 110 valence electrons. The number of hydrogen-bond donors (Lipinski definition) is 1. The Bertz CT molecular complexity index is 651. The van der Waals surface area contributed by atoms with Crippen LogP contribution in [0.3, 0.4) is 0 Å². The highest BCUT2D eigenvalue weighted by atomic mass is 16.1. The molecule has 1 aliphatic rings. The van der Waals surface area contributed by atoms with Crippen LogP contribution in [-0.2, 0) is 6.54 Å². The molecule has 0 spiro atoms. The van der Waals surface area contributed by atoms with Crippen molar-refractivity contribution in [2.24, 2.45) is 0 Å². The predicted molar refractivity (Wildman–Crippen MR) is 85.4 cm³/mol. The van der Waals surface area contributed by atoms with Gasteiger partial charge >= 0.3 is 0 Å². The molecule has 1 aromatic carbocycles. The first-order chi connectivity index (χ1) is 10.2. The Kier molecular flexibility index (Phi) is 4.06. The minimum Gasteiger partial charge on any atom is -0.398 e. The minimum absolute atomic E-state index is 0.0167. The van der Waals surface area contributed by atoms with E-state index in [1.165, 1.54) is 18.1 Å². The number of benzene rings is 1. The molecule has 2 N–H and O–H groups in total. The van der Waals surface area contributed by atoms with Gasteiger partial charge in [0.05, 0.1) is 0 Å². The van der Waals surface area contributed by atoms with Crippen molar-refractivity contribution in [3.05, 3.63) is 64.6 Å². The van der Waals surface area contributed by atoms with Gasteiger partial charge in [0.25, 0.3) is 5.56 Å². The second-order valence-electron chi connectivity index (χ2n) is 5.69. The molecule has 0 amide bonds. The summed E-state index contributed by atoms with van der Waals surface area (Å²) < 4.78 is 1.70. The zero-order valence-corrected chi connectivity index (χ0v) is 12.1. The average Bonchev–Trinajstić information content (AvgIpc) is 2.98. The van der Waals surface area contributed by atoms with E-state index in [2.05, 4.69) is 35.2 Å². The molecule has 1 aromatic heterocycles. The van der Waals surface area contributed by atoms with Crippen molar-refractivity contribution in [3.8, 4) is 0 Å². The zero-order chi connectivity index (χ0) is 14.7. The zero-order valence-electron chi connectivity index (χ0n) is 12.1. The Morgan fingerprint density at radius 3 is 2.71 bits per heavy atom. The third-order valence-corrected chi connectivity index (χ3v) is 4.21. The van der Waals surface area contributed by atoms with Gasteiger partial charge in [0.2, 0.25) is 0 Å². The summed E-state index contributed by atoms with van der Waals surface area (Å²) in [5.74, 6) is 0.615. The number of nitrogen functional groups attached to an aromatic ring is 1. The second-order valence-corrected chi connectivity index (χ2v) is 5.69. The lowest BCUT2D eigenvalue weighted by atomic mass is 9.99. The van der Waals surface area contributed by atoms with E-state index in [0.29, 0.717) is 18.2 Å². The monoisotopic (exact) mass is 283 g/mol. The first kappa shape index (κ1) is 13.9. The lowest BCUT2D eigenvalue weighted by Gasteiger charge is -2.17. The third kappa shape index (κ3) is 3.34. The molecule has 0 saturated carbocycles. The van der Waals surface area contributed by atoms with Crippen LogP contribution in [0.2, 0.25) is 0 Å². The fraction of sp³-hybridized carbons (Fsp3) is 0.353. The van der Waals surface area contributed by atoms with Gasteiger partial charge in [0.15, 0.2) is 0 Å².